The number of nitrogens with one attached hydrogen (secondary N) is 1. The minimum Gasteiger partial charge on any atom is -0.395 e. The number of nitrogens with zero attached hydrogens (tertiary/aromatic N) is 6. The van der Waals surface area contributed by atoms with Crippen LogP contribution in [0, 0.1) is 0 Å². The van der Waals surface area contributed by atoms with Crippen LogP contribution in [-0.2, 0) is 0 Å². The van der Waals surface area contributed by atoms with E-state index in [0.29, 0.717) is 13.1 Å². The van der Waals surface area contributed by atoms with Crippen molar-refractivity contribution in [2.24, 2.45) is 0 Å². The van der Waals surface area contributed by atoms with E-state index in [4.69, 9.17) is 5.11 Å². The number of hydrogen-bond donors (Lipinski definition) is 2. The van der Waals surface area contributed by atoms with Gasteiger partial charge in [-0.05, 0) is 35.0 Å². The van der Waals surface area contributed by atoms with Crippen molar-refractivity contribution < 1.29 is 9.90 Å². The fraction of sp³-hybridized carbons (Fsp3) is 0.400. The van der Waals surface area contributed by atoms with Gasteiger partial charge in [-0.25, -0.2) is 4.79 Å². The van der Waals surface area contributed by atoms with Gasteiger partial charge in [0, 0.05) is 64.6 Å². The average Bonchev–Trinajstić information content (AvgIpc) is 2.89. The van der Waals surface area contributed by atoms with Crippen molar-refractivity contribution in [1.29, 1.82) is 0 Å². The molecule has 5 rings (SSSR count). The number of aliphatic hydroxyl groups is 1. The van der Waals surface area contributed by atoms with Crippen molar-refractivity contribution in [2.45, 2.75) is 0 Å². The lowest BCUT2D eigenvalue weighted by molar-refractivity contribution is 0.188. The van der Waals surface area contributed by atoms with E-state index in [-0.39, 0.29) is 12.6 Å². The predicted octanol–water partition coefficient (Wildman–Crippen LogP) is 2.10. The third kappa shape index (κ3) is 5.05. The Morgan fingerprint density at radius 1 is 0.794 bits per heavy atom. The maximum Gasteiger partial charge on any atom is 0.321 e. The molecular weight excluding hydrogens is 430 g/mol. The molecule has 0 radical (unpaired) electrons. The number of aromatic nitrogens is 2. The first-order valence-corrected chi connectivity index (χ1v) is 11.9. The third-order valence-corrected chi connectivity index (χ3v) is 6.64. The summed E-state index contributed by atoms with van der Waals surface area (Å²) in [6, 6.07) is 18.1. The Bertz CT molecular complexity index is 1110. The van der Waals surface area contributed by atoms with Crippen LogP contribution in [0.25, 0.3) is 10.8 Å². The van der Waals surface area contributed by atoms with Crippen LogP contribution >= 0.6 is 0 Å². The summed E-state index contributed by atoms with van der Waals surface area (Å²) in [5.41, 5.74) is 0.810. The maximum atomic E-state index is 12.8. The Balaban J connectivity index is 1.12. The van der Waals surface area contributed by atoms with Crippen LogP contribution in [-0.4, -0.2) is 96.6 Å². The number of anilines is 3. The van der Waals surface area contributed by atoms with Crippen LogP contribution in [0.15, 0.2) is 54.6 Å². The van der Waals surface area contributed by atoms with E-state index in [2.05, 4.69) is 36.3 Å². The van der Waals surface area contributed by atoms with Gasteiger partial charge in [0.1, 0.15) is 0 Å². The molecule has 2 fully saturated rings. The monoisotopic (exact) mass is 461 g/mol. The first-order chi connectivity index (χ1) is 16.7. The van der Waals surface area contributed by atoms with Gasteiger partial charge >= 0.3 is 6.03 Å². The Kier molecular flexibility index (Phi) is 6.73. The van der Waals surface area contributed by atoms with Crippen molar-refractivity contribution in [2.75, 3.05) is 80.6 Å². The summed E-state index contributed by atoms with van der Waals surface area (Å²) in [5, 5.41) is 23.3. The Hall–Kier alpha value is -3.43. The summed E-state index contributed by atoms with van der Waals surface area (Å²) in [6.07, 6.45) is 0. The van der Waals surface area contributed by atoms with Crippen LogP contribution in [0.1, 0.15) is 0 Å². The quantitative estimate of drug-likeness (QED) is 0.602. The first-order valence-electron chi connectivity index (χ1n) is 11.9. The highest BCUT2D eigenvalue weighted by molar-refractivity contribution is 5.93. The zero-order valence-corrected chi connectivity index (χ0v) is 19.3. The zero-order valence-electron chi connectivity index (χ0n) is 19.3. The molecule has 34 heavy (non-hydrogen) atoms. The van der Waals surface area contributed by atoms with Crippen molar-refractivity contribution in [3.05, 3.63) is 54.6 Å². The molecular formula is C25H31N7O2. The second-order valence-corrected chi connectivity index (χ2v) is 8.77. The van der Waals surface area contributed by atoms with E-state index in [1.54, 1.807) is 0 Å². The molecule has 3 heterocycles. The van der Waals surface area contributed by atoms with Gasteiger partial charge in [-0.3, -0.25) is 4.90 Å². The smallest absolute Gasteiger partial charge is 0.321 e. The van der Waals surface area contributed by atoms with Gasteiger partial charge in [-0.2, -0.15) is 0 Å². The normalized spacial score (nSPS) is 17.3. The van der Waals surface area contributed by atoms with Crippen LogP contribution in [0.4, 0.5) is 22.1 Å². The summed E-state index contributed by atoms with van der Waals surface area (Å²) in [6.45, 7) is 7.26. The van der Waals surface area contributed by atoms with Gasteiger partial charge < -0.3 is 25.1 Å². The lowest BCUT2D eigenvalue weighted by atomic mass is 10.1. The van der Waals surface area contributed by atoms with Crippen molar-refractivity contribution >= 4 is 34.1 Å². The lowest BCUT2D eigenvalue weighted by Crippen LogP contribution is -2.50. The lowest BCUT2D eigenvalue weighted by Gasteiger charge is -2.36. The number of β-amino-alcohol motifs (C(OH)–C–C–N with tert-alkyl or cyclic N) is 1. The van der Waals surface area contributed by atoms with Crippen LogP contribution in [0.3, 0.4) is 0 Å². The van der Waals surface area contributed by atoms with Gasteiger partial charge in [0.25, 0.3) is 0 Å². The molecule has 0 bridgehead atoms. The van der Waals surface area contributed by atoms with E-state index in [1.165, 1.54) is 0 Å². The van der Waals surface area contributed by atoms with E-state index in [1.807, 2.05) is 53.4 Å². The van der Waals surface area contributed by atoms with Gasteiger partial charge in [-0.15, -0.1) is 10.2 Å². The number of fused-ring (bicyclic) bond motifs is 1. The highest BCUT2D eigenvalue weighted by Gasteiger charge is 2.23. The summed E-state index contributed by atoms with van der Waals surface area (Å²) in [5.74, 6) is 1.73. The van der Waals surface area contributed by atoms with Crippen molar-refractivity contribution in [1.82, 2.24) is 20.0 Å². The molecule has 2 amide bonds. The Morgan fingerprint density at radius 2 is 1.41 bits per heavy atom. The minimum atomic E-state index is -0.0725. The number of rotatable bonds is 5. The Labute approximate surface area is 199 Å². The molecule has 0 spiro atoms. The highest BCUT2D eigenvalue weighted by atomic mass is 16.3. The van der Waals surface area contributed by atoms with E-state index in [9.17, 15) is 4.79 Å². The molecule has 0 saturated carbocycles. The molecule has 178 valence electrons. The number of aliphatic hydroxyl groups excluding tert-OH is 1. The topological polar surface area (TPSA) is 88.1 Å². The second kappa shape index (κ2) is 10.2. The second-order valence-electron chi connectivity index (χ2n) is 8.77. The third-order valence-electron chi connectivity index (χ3n) is 6.64. The molecule has 9 nitrogen and oxygen atoms in total. The maximum absolute atomic E-state index is 12.8. The summed E-state index contributed by atoms with van der Waals surface area (Å²) < 4.78 is 0. The molecule has 0 aliphatic carbocycles. The fourth-order valence-electron chi connectivity index (χ4n) is 4.61. The summed E-state index contributed by atoms with van der Waals surface area (Å²) >= 11 is 0. The molecule has 2 aliphatic rings. The van der Waals surface area contributed by atoms with Crippen LogP contribution in [0.2, 0.25) is 0 Å². The van der Waals surface area contributed by atoms with Crippen molar-refractivity contribution in [3.63, 3.8) is 0 Å². The molecule has 3 aromatic rings. The van der Waals surface area contributed by atoms with Gasteiger partial charge in [0.15, 0.2) is 11.6 Å². The zero-order chi connectivity index (χ0) is 23.3. The summed E-state index contributed by atoms with van der Waals surface area (Å²) in [7, 11) is 0. The van der Waals surface area contributed by atoms with Crippen LogP contribution < -0.4 is 15.1 Å². The molecule has 1 aromatic heterocycles. The van der Waals surface area contributed by atoms with Gasteiger partial charge in [0.2, 0.25) is 0 Å². The van der Waals surface area contributed by atoms with E-state index < -0.39 is 0 Å². The number of carbonyl (C=O) groups is 1. The minimum absolute atomic E-state index is 0.0725. The van der Waals surface area contributed by atoms with E-state index >= 15 is 0 Å². The molecule has 2 N–H and O–H groups in total. The van der Waals surface area contributed by atoms with Crippen LogP contribution in [0.5, 0.6) is 0 Å². The highest BCUT2D eigenvalue weighted by Crippen LogP contribution is 2.21. The largest absolute Gasteiger partial charge is 0.395 e. The number of carbonyl (C=O) groups excluding carboxylic acids is 1. The van der Waals surface area contributed by atoms with Gasteiger partial charge in [-0.1, -0.05) is 30.3 Å². The number of piperazine rings is 2. The summed E-state index contributed by atoms with van der Waals surface area (Å²) in [4.78, 5) is 21.3. The number of benzene rings is 2. The van der Waals surface area contributed by atoms with Gasteiger partial charge in [0.05, 0.1) is 6.61 Å². The number of amides is 2. The molecule has 9 heteroatoms. The fourth-order valence-corrected chi connectivity index (χ4v) is 4.61. The molecule has 0 unspecified atom stereocenters. The molecule has 2 aliphatic heterocycles. The standard InChI is InChI=1S/C25H31N7O2/c33-18-17-29-9-11-30(12-10-29)23-7-8-24(28-27-23)31-13-15-32(16-14-31)25(34)26-22-6-5-20-3-1-2-4-21(20)19-22/h1-8,19,33H,9-18H2,(H,26,34). The first kappa shape index (κ1) is 22.4. The molecule has 2 saturated heterocycles. The predicted molar refractivity (Wildman–Crippen MR) is 135 cm³/mol. The number of urea groups is 1. The SMILES string of the molecule is O=C(Nc1ccc2ccccc2c1)N1CCN(c2ccc(N3CCN(CCO)CC3)nn2)CC1. The Morgan fingerprint density at radius 3 is 2.03 bits per heavy atom. The van der Waals surface area contributed by atoms with E-state index in [0.717, 1.165) is 73.9 Å². The van der Waals surface area contributed by atoms with Crippen molar-refractivity contribution in [3.8, 4) is 0 Å². The molecule has 0 atom stereocenters. The average molecular weight is 462 g/mol. The number of hydrogen-bond acceptors (Lipinski definition) is 7. The molecule has 2 aromatic carbocycles.